The van der Waals surface area contributed by atoms with E-state index >= 15 is 0 Å². The summed E-state index contributed by atoms with van der Waals surface area (Å²) in [5.74, 6) is 7.68. The third-order valence-corrected chi connectivity index (χ3v) is 4.45. The molecule has 0 aromatic heterocycles. The number of nitrogens with one attached hydrogen (secondary N) is 1. The van der Waals surface area contributed by atoms with Crippen molar-refractivity contribution in [3.05, 3.63) is 0 Å². The minimum absolute atomic E-state index is 0.587. The van der Waals surface area contributed by atoms with Gasteiger partial charge in [0.05, 0.1) is 0 Å². The molecule has 0 aliphatic heterocycles. The molecule has 0 radical (unpaired) electrons. The number of hydrogen-bond acceptors (Lipinski definition) is 2. The first-order valence-electron chi connectivity index (χ1n) is 7.34. The summed E-state index contributed by atoms with van der Waals surface area (Å²) in [4.78, 5) is 0. The lowest BCUT2D eigenvalue weighted by molar-refractivity contribution is 0.334. The lowest BCUT2D eigenvalue weighted by Gasteiger charge is -2.22. The van der Waals surface area contributed by atoms with E-state index in [1.54, 1.807) is 0 Å². The van der Waals surface area contributed by atoms with Crippen LogP contribution in [0.4, 0.5) is 0 Å². The fourth-order valence-electron chi connectivity index (χ4n) is 3.11. The maximum absolute atomic E-state index is 5.69. The van der Waals surface area contributed by atoms with Gasteiger partial charge in [0, 0.05) is 6.04 Å². The molecule has 2 rings (SSSR count). The van der Waals surface area contributed by atoms with Crippen molar-refractivity contribution >= 4 is 0 Å². The van der Waals surface area contributed by atoms with Crippen LogP contribution in [0, 0.1) is 11.8 Å². The van der Waals surface area contributed by atoms with E-state index in [0.29, 0.717) is 6.04 Å². The summed E-state index contributed by atoms with van der Waals surface area (Å²) < 4.78 is 0. The first-order valence-corrected chi connectivity index (χ1v) is 7.34. The summed E-state index contributed by atoms with van der Waals surface area (Å²) in [5.41, 5.74) is 3.05. The zero-order chi connectivity index (χ0) is 11.2. The number of nitrogens with two attached hydrogens (primary N) is 1. The summed E-state index contributed by atoms with van der Waals surface area (Å²) >= 11 is 0. The second kappa shape index (κ2) is 6.61. The van der Waals surface area contributed by atoms with E-state index in [-0.39, 0.29) is 0 Å². The Morgan fingerprint density at radius 1 is 0.938 bits per heavy atom. The highest BCUT2D eigenvalue weighted by atomic mass is 15.2. The highest BCUT2D eigenvalue weighted by molar-refractivity contribution is 4.78. The molecule has 94 valence electrons. The minimum atomic E-state index is 0.587. The summed E-state index contributed by atoms with van der Waals surface area (Å²) in [7, 11) is 0. The predicted molar refractivity (Wildman–Crippen MR) is 68.9 cm³/mol. The first kappa shape index (κ1) is 12.4. The summed E-state index contributed by atoms with van der Waals surface area (Å²) in [6.07, 6.45) is 15.7. The Labute approximate surface area is 100 Å². The zero-order valence-electron chi connectivity index (χ0n) is 10.6. The van der Waals surface area contributed by atoms with Crippen molar-refractivity contribution in [3.63, 3.8) is 0 Å². The van der Waals surface area contributed by atoms with Crippen LogP contribution in [0.15, 0.2) is 0 Å². The van der Waals surface area contributed by atoms with Crippen molar-refractivity contribution in [2.75, 3.05) is 0 Å². The van der Waals surface area contributed by atoms with Crippen molar-refractivity contribution in [1.82, 2.24) is 5.43 Å². The van der Waals surface area contributed by atoms with Gasteiger partial charge in [-0.05, 0) is 31.1 Å². The first-order chi connectivity index (χ1) is 7.88. The third kappa shape index (κ3) is 4.42. The highest BCUT2D eigenvalue weighted by Gasteiger charge is 2.23. The molecule has 1 unspecified atom stereocenters. The fourth-order valence-corrected chi connectivity index (χ4v) is 3.11. The molecule has 2 fully saturated rings. The smallest absolute Gasteiger partial charge is 0.0213 e. The molecule has 3 N–H and O–H groups in total. The lowest BCUT2D eigenvalue weighted by atomic mass is 9.90. The Morgan fingerprint density at radius 2 is 1.62 bits per heavy atom. The second-order valence-corrected chi connectivity index (χ2v) is 5.98. The van der Waals surface area contributed by atoms with E-state index in [1.807, 2.05) is 0 Å². The van der Waals surface area contributed by atoms with Gasteiger partial charge in [-0.1, -0.05) is 51.4 Å². The minimum Gasteiger partial charge on any atom is -0.271 e. The van der Waals surface area contributed by atoms with E-state index in [9.17, 15) is 0 Å². The summed E-state index contributed by atoms with van der Waals surface area (Å²) in [5, 5.41) is 0. The van der Waals surface area contributed by atoms with Crippen LogP contribution in [0.5, 0.6) is 0 Å². The molecule has 2 aliphatic carbocycles. The molecule has 0 aromatic rings. The zero-order valence-corrected chi connectivity index (χ0v) is 10.6. The summed E-state index contributed by atoms with van der Waals surface area (Å²) in [6.45, 7) is 0. The quantitative estimate of drug-likeness (QED) is 0.412. The maximum Gasteiger partial charge on any atom is 0.0213 e. The Balaban J connectivity index is 1.66. The number of hydrogen-bond donors (Lipinski definition) is 2. The van der Waals surface area contributed by atoms with Gasteiger partial charge < -0.3 is 0 Å². The fraction of sp³-hybridized carbons (Fsp3) is 1.00. The highest BCUT2D eigenvalue weighted by Crippen LogP contribution is 2.35. The van der Waals surface area contributed by atoms with Gasteiger partial charge in [0.2, 0.25) is 0 Å². The van der Waals surface area contributed by atoms with Crippen LogP contribution in [-0.2, 0) is 0 Å². The van der Waals surface area contributed by atoms with Crippen LogP contribution < -0.4 is 11.3 Å². The van der Waals surface area contributed by atoms with Gasteiger partial charge in [0.1, 0.15) is 0 Å². The van der Waals surface area contributed by atoms with Crippen molar-refractivity contribution in [2.45, 2.75) is 76.7 Å². The van der Waals surface area contributed by atoms with Crippen LogP contribution in [0.2, 0.25) is 0 Å². The molecule has 0 amide bonds. The van der Waals surface area contributed by atoms with Crippen LogP contribution in [0.25, 0.3) is 0 Å². The molecule has 2 heteroatoms. The molecule has 0 heterocycles. The van der Waals surface area contributed by atoms with E-state index < -0.39 is 0 Å². The van der Waals surface area contributed by atoms with E-state index in [4.69, 9.17) is 5.84 Å². The van der Waals surface area contributed by atoms with Crippen LogP contribution in [0.1, 0.15) is 70.6 Å². The maximum atomic E-state index is 5.69. The van der Waals surface area contributed by atoms with Gasteiger partial charge in [0.25, 0.3) is 0 Å². The Kier molecular flexibility index (Phi) is 5.11. The molecular weight excluding hydrogens is 196 g/mol. The monoisotopic (exact) mass is 224 g/mol. The average Bonchev–Trinajstić information content (AvgIpc) is 3.11. The van der Waals surface area contributed by atoms with Crippen molar-refractivity contribution in [1.29, 1.82) is 0 Å². The predicted octanol–water partition coefficient (Wildman–Crippen LogP) is 3.37. The van der Waals surface area contributed by atoms with Gasteiger partial charge >= 0.3 is 0 Å². The molecule has 0 bridgehead atoms. The van der Waals surface area contributed by atoms with Crippen LogP contribution >= 0.6 is 0 Å². The molecule has 0 spiro atoms. The molecule has 0 saturated heterocycles. The SMILES string of the molecule is NNC(CCC1CC1)CC1CCCCCC1. The number of rotatable bonds is 6. The Bertz CT molecular complexity index is 181. The average molecular weight is 224 g/mol. The van der Waals surface area contributed by atoms with Gasteiger partial charge in [-0.2, -0.15) is 0 Å². The molecule has 16 heavy (non-hydrogen) atoms. The molecule has 2 aliphatic rings. The number of hydrazine groups is 1. The Hall–Kier alpha value is -0.0800. The normalized spacial score (nSPS) is 25.3. The topological polar surface area (TPSA) is 38.0 Å². The van der Waals surface area contributed by atoms with Crippen molar-refractivity contribution < 1.29 is 0 Å². The van der Waals surface area contributed by atoms with Crippen molar-refractivity contribution in [3.8, 4) is 0 Å². The van der Waals surface area contributed by atoms with E-state index in [2.05, 4.69) is 5.43 Å². The standard InChI is InChI=1S/C14H28N2/c15-16-14(10-9-12-7-8-12)11-13-5-3-1-2-4-6-13/h12-14,16H,1-11,15H2. The molecular formula is C14H28N2. The van der Waals surface area contributed by atoms with Gasteiger partial charge in [-0.25, -0.2) is 0 Å². The van der Waals surface area contributed by atoms with Gasteiger partial charge in [0.15, 0.2) is 0 Å². The summed E-state index contributed by atoms with van der Waals surface area (Å²) in [6, 6.07) is 0.587. The largest absolute Gasteiger partial charge is 0.271 e. The van der Waals surface area contributed by atoms with Gasteiger partial charge in [-0.3, -0.25) is 11.3 Å². The van der Waals surface area contributed by atoms with Crippen molar-refractivity contribution in [2.24, 2.45) is 17.7 Å². The van der Waals surface area contributed by atoms with E-state index in [1.165, 1.54) is 70.6 Å². The van der Waals surface area contributed by atoms with Gasteiger partial charge in [-0.15, -0.1) is 0 Å². The molecule has 0 aromatic carbocycles. The lowest BCUT2D eigenvalue weighted by Crippen LogP contribution is -2.36. The molecule has 1 atom stereocenters. The van der Waals surface area contributed by atoms with E-state index in [0.717, 1.165) is 11.8 Å². The second-order valence-electron chi connectivity index (χ2n) is 5.98. The third-order valence-electron chi connectivity index (χ3n) is 4.45. The molecule has 2 saturated carbocycles. The van der Waals surface area contributed by atoms with Crippen LogP contribution in [0.3, 0.4) is 0 Å². The Morgan fingerprint density at radius 3 is 2.19 bits per heavy atom. The van der Waals surface area contributed by atoms with Crippen LogP contribution in [-0.4, -0.2) is 6.04 Å². The molecule has 2 nitrogen and oxygen atoms in total.